The zero-order valence-electron chi connectivity index (χ0n) is 5.61. The molecule has 0 radical (unpaired) electrons. The van der Waals surface area contributed by atoms with Gasteiger partial charge in [0.2, 0.25) is 0 Å². The van der Waals surface area contributed by atoms with Crippen LogP contribution in [0.25, 0.3) is 0 Å². The molecule has 0 heterocycles. The summed E-state index contributed by atoms with van der Waals surface area (Å²) in [5, 5.41) is 7.00. The summed E-state index contributed by atoms with van der Waals surface area (Å²) < 4.78 is 0.211. The number of carbonyl (C=O) groups excluding carboxylic acids is 2. The van der Waals surface area contributed by atoms with Crippen molar-refractivity contribution in [1.29, 1.82) is 5.41 Å². The summed E-state index contributed by atoms with van der Waals surface area (Å²) in [7, 11) is 0. The molecule has 0 spiro atoms. The van der Waals surface area contributed by atoms with Crippen molar-refractivity contribution < 1.29 is 9.59 Å². The third kappa shape index (κ3) is 2.55. The highest BCUT2D eigenvalue weighted by Gasteiger charge is 2.13. The molecule has 10 heavy (non-hydrogen) atoms. The van der Waals surface area contributed by atoms with Crippen molar-refractivity contribution in [3.63, 3.8) is 0 Å². The lowest BCUT2D eigenvalue weighted by atomic mass is 10.1. The van der Waals surface area contributed by atoms with E-state index in [1.807, 2.05) is 22.6 Å². The zero-order chi connectivity index (χ0) is 8.15. The number of rotatable bonds is 4. The van der Waals surface area contributed by atoms with Crippen LogP contribution in [0.3, 0.4) is 0 Å². The molecule has 0 rings (SSSR count). The number of alkyl halides is 1. The molecule has 4 heteroatoms. The molecule has 0 aromatic rings. The number of halogens is 1. The van der Waals surface area contributed by atoms with Crippen molar-refractivity contribution in [1.82, 2.24) is 0 Å². The highest BCUT2D eigenvalue weighted by atomic mass is 127. The smallest absolute Gasteiger partial charge is 0.193 e. The molecular formula is C6H8INO2. The standard InChI is InChI=1S/C6H8INO2/c1-2-4(9)6(8)5(10)3-7/h8H,2-3H2,1H3. The fourth-order valence-corrected chi connectivity index (χ4v) is 0.780. The van der Waals surface area contributed by atoms with Crippen molar-refractivity contribution in [2.24, 2.45) is 0 Å². The molecular weight excluding hydrogens is 245 g/mol. The zero-order valence-corrected chi connectivity index (χ0v) is 7.77. The van der Waals surface area contributed by atoms with Crippen LogP contribution in [-0.2, 0) is 9.59 Å². The number of nitrogens with one attached hydrogen (secondary N) is 1. The van der Waals surface area contributed by atoms with E-state index in [4.69, 9.17) is 5.41 Å². The van der Waals surface area contributed by atoms with Crippen LogP contribution in [0.5, 0.6) is 0 Å². The van der Waals surface area contributed by atoms with E-state index in [9.17, 15) is 9.59 Å². The van der Waals surface area contributed by atoms with E-state index in [0.29, 0.717) is 0 Å². The number of carbonyl (C=O) groups is 2. The fraction of sp³-hybridized carbons (Fsp3) is 0.500. The van der Waals surface area contributed by atoms with Crippen molar-refractivity contribution in [3.05, 3.63) is 0 Å². The molecule has 0 atom stereocenters. The molecule has 0 aliphatic rings. The lowest BCUT2D eigenvalue weighted by Crippen LogP contribution is -2.23. The Kier molecular flexibility index (Phi) is 4.42. The van der Waals surface area contributed by atoms with Crippen LogP contribution < -0.4 is 0 Å². The summed E-state index contributed by atoms with van der Waals surface area (Å²) in [6.45, 7) is 1.64. The topological polar surface area (TPSA) is 58.0 Å². The van der Waals surface area contributed by atoms with Gasteiger partial charge in [0.05, 0.1) is 4.43 Å². The van der Waals surface area contributed by atoms with E-state index in [1.165, 1.54) is 0 Å². The summed E-state index contributed by atoms with van der Waals surface area (Å²) in [5.41, 5.74) is -0.364. The minimum atomic E-state index is -0.382. The van der Waals surface area contributed by atoms with Crippen LogP contribution in [0.1, 0.15) is 13.3 Å². The number of hydrogen-bond donors (Lipinski definition) is 1. The predicted molar refractivity (Wildman–Crippen MR) is 46.9 cm³/mol. The average molecular weight is 253 g/mol. The molecule has 0 aliphatic heterocycles. The summed E-state index contributed by atoms with van der Waals surface area (Å²) in [6, 6.07) is 0. The van der Waals surface area contributed by atoms with E-state index in [-0.39, 0.29) is 28.1 Å². The molecule has 0 bridgehead atoms. The van der Waals surface area contributed by atoms with Gasteiger partial charge in [-0.15, -0.1) is 0 Å². The third-order valence-corrected chi connectivity index (χ3v) is 1.69. The van der Waals surface area contributed by atoms with Crippen LogP contribution in [-0.4, -0.2) is 21.7 Å². The van der Waals surface area contributed by atoms with Crippen LogP contribution in [0.15, 0.2) is 0 Å². The van der Waals surface area contributed by atoms with Crippen LogP contribution >= 0.6 is 22.6 Å². The molecule has 0 aliphatic carbocycles. The van der Waals surface area contributed by atoms with Gasteiger partial charge in [-0.05, 0) is 0 Å². The lowest BCUT2D eigenvalue weighted by Gasteiger charge is -1.94. The van der Waals surface area contributed by atoms with Gasteiger partial charge in [0.1, 0.15) is 5.71 Å². The molecule has 1 N–H and O–H groups in total. The van der Waals surface area contributed by atoms with Gasteiger partial charge in [-0.1, -0.05) is 29.5 Å². The first-order valence-electron chi connectivity index (χ1n) is 2.84. The Morgan fingerprint density at radius 1 is 1.40 bits per heavy atom. The quantitative estimate of drug-likeness (QED) is 0.351. The molecule has 56 valence electrons. The Labute approximate surface area is 72.8 Å². The highest BCUT2D eigenvalue weighted by Crippen LogP contribution is 1.90. The Balaban J connectivity index is 4.09. The Hall–Kier alpha value is -0.260. The van der Waals surface area contributed by atoms with Gasteiger partial charge >= 0.3 is 0 Å². The molecule has 0 fully saturated rings. The molecule has 0 unspecified atom stereocenters. The first kappa shape index (κ1) is 9.74. The number of Topliss-reactive ketones (excluding diaryl/α,β-unsaturated/α-hetero) is 2. The van der Waals surface area contributed by atoms with Crippen molar-refractivity contribution in [3.8, 4) is 0 Å². The largest absolute Gasteiger partial charge is 0.294 e. The first-order valence-corrected chi connectivity index (χ1v) is 4.37. The summed E-state index contributed by atoms with van der Waals surface area (Å²) in [5.74, 6) is -0.755. The second-order valence-electron chi connectivity index (χ2n) is 1.71. The maximum absolute atomic E-state index is 10.7. The Morgan fingerprint density at radius 2 is 1.90 bits per heavy atom. The summed E-state index contributed by atoms with van der Waals surface area (Å²) in [4.78, 5) is 21.3. The van der Waals surface area contributed by atoms with Crippen molar-refractivity contribution in [2.45, 2.75) is 13.3 Å². The molecule has 0 amide bonds. The van der Waals surface area contributed by atoms with Gasteiger partial charge < -0.3 is 0 Å². The molecule has 0 saturated heterocycles. The van der Waals surface area contributed by atoms with Gasteiger partial charge in [-0.2, -0.15) is 0 Å². The summed E-state index contributed by atoms with van der Waals surface area (Å²) >= 11 is 1.84. The average Bonchev–Trinajstić information content (AvgIpc) is 2.00. The summed E-state index contributed by atoms with van der Waals surface area (Å²) in [6.07, 6.45) is 0.237. The first-order chi connectivity index (χ1) is 4.63. The normalized spacial score (nSPS) is 9.00. The predicted octanol–water partition coefficient (Wildman–Crippen LogP) is 0.989. The lowest BCUT2D eigenvalue weighted by molar-refractivity contribution is -0.115. The fourth-order valence-electron chi connectivity index (χ4n) is 0.399. The van der Waals surface area contributed by atoms with Gasteiger partial charge in [0.15, 0.2) is 11.6 Å². The van der Waals surface area contributed by atoms with Crippen molar-refractivity contribution >= 4 is 39.9 Å². The van der Waals surface area contributed by atoms with E-state index >= 15 is 0 Å². The third-order valence-electron chi connectivity index (χ3n) is 1.00. The molecule has 0 aromatic heterocycles. The Morgan fingerprint density at radius 3 is 2.20 bits per heavy atom. The molecule has 0 saturated carbocycles. The van der Waals surface area contributed by atoms with Gasteiger partial charge in [-0.25, -0.2) is 0 Å². The molecule has 0 aromatic carbocycles. The maximum atomic E-state index is 10.7. The number of hydrogen-bond acceptors (Lipinski definition) is 3. The minimum absolute atomic E-state index is 0.211. The van der Waals surface area contributed by atoms with Crippen LogP contribution in [0, 0.1) is 5.41 Å². The van der Waals surface area contributed by atoms with E-state index in [0.717, 1.165) is 0 Å². The maximum Gasteiger partial charge on any atom is 0.193 e. The van der Waals surface area contributed by atoms with E-state index < -0.39 is 0 Å². The monoisotopic (exact) mass is 253 g/mol. The Bertz CT molecular complexity index is 159. The minimum Gasteiger partial charge on any atom is -0.294 e. The van der Waals surface area contributed by atoms with Crippen LogP contribution in [0.4, 0.5) is 0 Å². The second-order valence-corrected chi connectivity index (χ2v) is 2.47. The van der Waals surface area contributed by atoms with Gasteiger partial charge in [-0.3, -0.25) is 15.0 Å². The SMILES string of the molecule is CCC(=O)C(=N)C(=O)CI. The highest BCUT2D eigenvalue weighted by molar-refractivity contribution is 14.1. The number of ketones is 2. The van der Waals surface area contributed by atoms with Crippen LogP contribution in [0.2, 0.25) is 0 Å². The second kappa shape index (κ2) is 4.54. The van der Waals surface area contributed by atoms with E-state index in [2.05, 4.69) is 0 Å². The van der Waals surface area contributed by atoms with E-state index in [1.54, 1.807) is 6.92 Å². The van der Waals surface area contributed by atoms with Gasteiger partial charge in [0, 0.05) is 6.42 Å². The van der Waals surface area contributed by atoms with Crippen molar-refractivity contribution in [2.75, 3.05) is 4.43 Å². The molecule has 3 nitrogen and oxygen atoms in total. The van der Waals surface area contributed by atoms with Gasteiger partial charge in [0.25, 0.3) is 0 Å².